The molecule has 0 aromatic heterocycles. The average Bonchev–Trinajstić information content (AvgIpc) is 2.12. The lowest BCUT2D eigenvalue weighted by molar-refractivity contribution is 0.414. The van der Waals surface area contributed by atoms with Crippen LogP contribution in [-0.2, 0) is 0 Å². The largest absolute Gasteiger partial charge is 0.242 e. The molecule has 0 saturated carbocycles. The van der Waals surface area contributed by atoms with E-state index < -0.39 is 6.17 Å². The van der Waals surface area contributed by atoms with E-state index in [0.29, 0.717) is 5.75 Å². The van der Waals surface area contributed by atoms with Crippen LogP contribution < -0.4 is 0 Å². The van der Waals surface area contributed by atoms with Crippen molar-refractivity contribution in [3.05, 3.63) is 10.5 Å². The van der Waals surface area contributed by atoms with Crippen molar-refractivity contribution >= 4 is 11.8 Å². The van der Waals surface area contributed by atoms with Gasteiger partial charge in [-0.15, -0.1) is 11.8 Å². The Bertz CT molecular complexity index is 140. The van der Waals surface area contributed by atoms with Crippen molar-refractivity contribution < 1.29 is 4.39 Å². The first-order valence-electron chi connectivity index (χ1n) is 3.22. The third-order valence-electron chi connectivity index (χ3n) is 1.66. The molecule has 0 bridgehead atoms. The predicted molar refractivity (Wildman–Crippen MR) is 40.3 cm³/mol. The molecule has 1 unspecified atom stereocenters. The molecule has 0 fully saturated rings. The first kappa shape index (κ1) is 7.13. The number of thioether (sulfide) groups is 1. The molecule has 0 radical (unpaired) electrons. The molecular weight excluding hydrogens is 135 g/mol. The Morgan fingerprint density at radius 1 is 1.78 bits per heavy atom. The van der Waals surface area contributed by atoms with E-state index in [9.17, 15) is 4.39 Å². The highest BCUT2D eigenvalue weighted by molar-refractivity contribution is 8.03. The molecule has 0 aromatic rings. The SMILES string of the molecule is CCC1=C(C)SCC1F. The quantitative estimate of drug-likeness (QED) is 0.548. The fourth-order valence-corrected chi connectivity index (χ4v) is 2.14. The zero-order valence-corrected chi connectivity index (χ0v) is 6.59. The maximum atomic E-state index is 12.8. The average molecular weight is 146 g/mol. The van der Waals surface area contributed by atoms with E-state index in [4.69, 9.17) is 0 Å². The molecule has 1 atom stereocenters. The normalized spacial score (nSPS) is 27.7. The molecule has 52 valence electrons. The number of alkyl halides is 1. The van der Waals surface area contributed by atoms with Gasteiger partial charge in [0.15, 0.2) is 0 Å². The summed E-state index contributed by atoms with van der Waals surface area (Å²) in [5, 5.41) is 0. The highest BCUT2D eigenvalue weighted by atomic mass is 32.2. The zero-order valence-electron chi connectivity index (χ0n) is 5.78. The summed E-state index contributed by atoms with van der Waals surface area (Å²) < 4.78 is 12.8. The molecule has 1 aliphatic rings. The molecule has 0 aromatic carbocycles. The van der Waals surface area contributed by atoms with Crippen molar-refractivity contribution in [3.8, 4) is 0 Å². The summed E-state index contributed by atoms with van der Waals surface area (Å²) in [6.07, 6.45) is 0.222. The topological polar surface area (TPSA) is 0 Å². The Hall–Kier alpha value is 0.0200. The highest BCUT2D eigenvalue weighted by Gasteiger charge is 2.20. The number of allylic oxidation sites excluding steroid dienone is 2. The molecular formula is C7H11FS. The molecule has 2 heteroatoms. The minimum Gasteiger partial charge on any atom is -0.242 e. The van der Waals surface area contributed by atoms with Gasteiger partial charge in [0.2, 0.25) is 0 Å². The molecule has 9 heavy (non-hydrogen) atoms. The Kier molecular flexibility index (Phi) is 2.17. The molecule has 0 amide bonds. The van der Waals surface area contributed by atoms with Crippen LogP contribution in [-0.4, -0.2) is 11.9 Å². The van der Waals surface area contributed by atoms with Gasteiger partial charge in [0.25, 0.3) is 0 Å². The van der Waals surface area contributed by atoms with Crippen LogP contribution in [0, 0.1) is 0 Å². The summed E-state index contributed by atoms with van der Waals surface area (Å²) in [6.45, 7) is 4.01. The number of hydrogen-bond donors (Lipinski definition) is 0. The Morgan fingerprint density at radius 3 is 2.67 bits per heavy atom. The van der Waals surface area contributed by atoms with Crippen molar-refractivity contribution in [1.29, 1.82) is 0 Å². The molecule has 0 spiro atoms. The molecule has 0 aliphatic carbocycles. The van der Waals surface area contributed by atoms with Gasteiger partial charge < -0.3 is 0 Å². The van der Waals surface area contributed by atoms with Gasteiger partial charge in [0.05, 0.1) is 0 Å². The van der Waals surface area contributed by atoms with Crippen molar-refractivity contribution in [2.75, 3.05) is 5.75 Å². The smallest absolute Gasteiger partial charge is 0.132 e. The summed E-state index contributed by atoms with van der Waals surface area (Å²) in [6, 6.07) is 0. The van der Waals surface area contributed by atoms with Gasteiger partial charge in [-0.05, 0) is 23.8 Å². The number of rotatable bonds is 1. The van der Waals surface area contributed by atoms with Crippen LogP contribution in [0.15, 0.2) is 10.5 Å². The van der Waals surface area contributed by atoms with E-state index in [2.05, 4.69) is 0 Å². The summed E-state index contributed by atoms with van der Waals surface area (Å²) in [5.41, 5.74) is 1.01. The highest BCUT2D eigenvalue weighted by Crippen LogP contribution is 2.34. The van der Waals surface area contributed by atoms with Crippen LogP contribution in [0.3, 0.4) is 0 Å². The van der Waals surface area contributed by atoms with Crippen LogP contribution in [0.4, 0.5) is 4.39 Å². The van der Waals surface area contributed by atoms with Crippen molar-refractivity contribution in [2.45, 2.75) is 26.4 Å². The molecule has 1 heterocycles. The van der Waals surface area contributed by atoms with Crippen LogP contribution in [0.2, 0.25) is 0 Å². The van der Waals surface area contributed by atoms with E-state index in [-0.39, 0.29) is 0 Å². The van der Waals surface area contributed by atoms with Gasteiger partial charge in [0, 0.05) is 5.75 Å². The van der Waals surface area contributed by atoms with Gasteiger partial charge in [0.1, 0.15) is 6.17 Å². The minimum atomic E-state index is -0.653. The van der Waals surface area contributed by atoms with Gasteiger partial charge in [-0.3, -0.25) is 0 Å². The lowest BCUT2D eigenvalue weighted by atomic mass is 10.1. The van der Waals surface area contributed by atoms with Crippen LogP contribution >= 0.6 is 11.8 Å². The standard InChI is InChI=1S/C7H11FS/c1-3-6-5(2)9-4-7(6)8/h7H,3-4H2,1-2H3. The molecule has 1 rings (SSSR count). The van der Waals surface area contributed by atoms with E-state index in [1.165, 1.54) is 4.91 Å². The van der Waals surface area contributed by atoms with Crippen LogP contribution in [0.5, 0.6) is 0 Å². The first-order valence-corrected chi connectivity index (χ1v) is 4.20. The van der Waals surface area contributed by atoms with Gasteiger partial charge in [-0.2, -0.15) is 0 Å². The summed E-state index contributed by atoms with van der Waals surface area (Å²) in [4.78, 5) is 1.20. The van der Waals surface area contributed by atoms with Crippen molar-refractivity contribution in [2.24, 2.45) is 0 Å². The number of halogens is 1. The van der Waals surface area contributed by atoms with Gasteiger partial charge in [-0.1, -0.05) is 6.92 Å². The first-order chi connectivity index (χ1) is 4.25. The summed E-state index contributed by atoms with van der Waals surface area (Å²) >= 11 is 1.64. The van der Waals surface area contributed by atoms with E-state index in [0.717, 1.165) is 12.0 Å². The monoisotopic (exact) mass is 146 g/mol. The number of hydrogen-bond acceptors (Lipinski definition) is 1. The third kappa shape index (κ3) is 1.29. The van der Waals surface area contributed by atoms with Crippen molar-refractivity contribution in [3.63, 3.8) is 0 Å². The lowest BCUT2D eigenvalue weighted by Gasteiger charge is -2.00. The predicted octanol–water partition coefficient (Wildman–Crippen LogP) is 2.76. The van der Waals surface area contributed by atoms with Crippen LogP contribution in [0.1, 0.15) is 20.3 Å². The van der Waals surface area contributed by atoms with Gasteiger partial charge >= 0.3 is 0 Å². The van der Waals surface area contributed by atoms with E-state index in [1.807, 2.05) is 13.8 Å². The molecule has 0 saturated heterocycles. The second kappa shape index (κ2) is 2.74. The molecule has 0 N–H and O–H groups in total. The minimum absolute atomic E-state index is 0.648. The van der Waals surface area contributed by atoms with Crippen LogP contribution in [0.25, 0.3) is 0 Å². The Morgan fingerprint density at radius 2 is 2.44 bits per heavy atom. The van der Waals surface area contributed by atoms with Gasteiger partial charge in [-0.25, -0.2) is 4.39 Å². The second-order valence-electron chi connectivity index (χ2n) is 2.21. The Labute approximate surface area is 59.5 Å². The maximum absolute atomic E-state index is 12.8. The van der Waals surface area contributed by atoms with E-state index >= 15 is 0 Å². The molecule has 0 nitrogen and oxygen atoms in total. The summed E-state index contributed by atoms with van der Waals surface area (Å²) in [5.74, 6) is 0.648. The lowest BCUT2D eigenvalue weighted by Crippen LogP contribution is -2.00. The van der Waals surface area contributed by atoms with E-state index in [1.54, 1.807) is 11.8 Å². The fraction of sp³-hybridized carbons (Fsp3) is 0.714. The zero-order chi connectivity index (χ0) is 6.85. The third-order valence-corrected chi connectivity index (χ3v) is 2.81. The maximum Gasteiger partial charge on any atom is 0.132 e. The molecule has 1 aliphatic heterocycles. The second-order valence-corrected chi connectivity index (χ2v) is 3.45. The Balaban J connectivity index is 2.69. The fourth-order valence-electron chi connectivity index (χ4n) is 1.08. The van der Waals surface area contributed by atoms with Crippen molar-refractivity contribution in [1.82, 2.24) is 0 Å². The summed E-state index contributed by atoms with van der Waals surface area (Å²) in [7, 11) is 0.